The molecule has 1 fully saturated rings. The van der Waals surface area contributed by atoms with Gasteiger partial charge in [-0.1, -0.05) is 48.5 Å². The van der Waals surface area contributed by atoms with Gasteiger partial charge >= 0.3 is 0 Å². The Bertz CT molecular complexity index is 1090. The number of hydrogen-bond donors (Lipinski definition) is 1. The van der Waals surface area contributed by atoms with Crippen molar-refractivity contribution in [2.24, 2.45) is 0 Å². The van der Waals surface area contributed by atoms with Crippen LogP contribution in [0.25, 0.3) is 11.1 Å². The van der Waals surface area contributed by atoms with E-state index in [-0.39, 0.29) is 5.91 Å². The van der Waals surface area contributed by atoms with E-state index in [0.29, 0.717) is 13.0 Å². The molecule has 0 spiro atoms. The van der Waals surface area contributed by atoms with Gasteiger partial charge in [0, 0.05) is 45.7 Å². The Labute approximate surface area is 202 Å². The molecule has 178 valence electrons. The molecule has 0 atom stereocenters. The third-order valence-electron chi connectivity index (χ3n) is 6.33. The minimum Gasteiger partial charge on any atom is -0.497 e. The summed E-state index contributed by atoms with van der Waals surface area (Å²) in [6.07, 6.45) is 0.496. The molecule has 1 saturated heterocycles. The largest absolute Gasteiger partial charge is 0.497 e. The predicted molar refractivity (Wildman–Crippen MR) is 137 cm³/mol. The average molecular weight is 460 g/mol. The van der Waals surface area contributed by atoms with Gasteiger partial charge in [0.1, 0.15) is 11.5 Å². The zero-order chi connectivity index (χ0) is 23.8. The first-order chi connectivity index (χ1) is 16.7. The first kappa shape index (κ1) is 23.6. The second kappa shape index (κ2) is 11.6. The molecule has 1 aliphatic rings. The number of hydrogen-bond acceptors (Lipinski definition) is 5. The highest BCUT2D eigenvalue weighted by atomic mass is 16.5. The molecule has 0 aromatic heterocycles. The van der Waals surface area contributed by atoms with Gasteiger partial charge in [-0.05, 0) is 41.0 Å². The van der Waals surface area contributed by atoms with Gasteiger partial charge in [0.15, 0.2) is 0 Å². The van der Waals surface area contributed by atoms with Gasteiger partial charge in [0.2, 0.25) is 5.91 Å². The normalized spacial score (nSPS) is 14.0. The molecule has 1 aliphatic heterocycles. The molecule has 1 N–H and O–H groups in total. The number of carbonyl (C=O) groups excluding carboxylic acids is 1. The van der Waals surface area contributed by atoms with Crippen LogP contribution in [0, 0.1) is 0 Å². The first-order valence-electron chi connectivity index (χ1n) is 11.8. The lowest BCUT2D eigenvalue weighted by atomic mass is 9.99. The molecule has 0 bridgehead atoms. The summed E-state index contributed by atoms with van der Waals surface area (Å²) in [5.41, 5.74) is 4.41. The summed E-state index contributed by atoms with van der Waals surface area (Å²) in [5, 5.41) is 3.10. The van der Waals surface area contributed by atoms with Crippen LogP contribution < -0.4 is 19.7 Å². The molecule has 4 rings (SSSR count). The predicted octanol–water partition coefficient (Wildman–Crippen LogP) is 4.20. The molecular formula is C28H33N3O3. The van der Waals surface area contributed by atoms with Crippen molar-refractivity contribution in [2.45, 2.75) is 13.0 Å². The third-order valence-corrected chi connectivity index (χ3v) is 6.33. The number of ether oxygens (including phenoxy) is 2. The summed E-state index contributed by atoms with van der Waals surface area (Å²) >= 11 is 0. The SMILES string of the molecule is COc1cccc(-c2ccccc2CNC(=O)CCN2CCN(c3ccccc3OC)CC2)c1. The molecule has 0 radical (unpaired) electrons. The van der Waals surface area contributed by atoms with E-state index >= 15 is 0 Å². The van der Waals surface area contributed by atoms with Crippen LogP contribution in [0.1, 0.15) is 12.0 Å². The summed E-state index contributed by atoms with van der Waals surface area (Å²) in [6.45, 7) is 5.00. The van der Waals surface area contributed by atoms with E-state index in [2.05, 4.69) is 39.4 Å². The maximum absolute atomic E-state index is 12.6. The van der Waals surface area contributed by atoms with Gasteiger partial charge < -0.3 is 19.7 Å². The Kier molecular flexibility index (Phi) is 8.04. The first-order valence-corrected chi connectivity index (χ1v) is 11.8. The summed E-state index contributed by atoms with van der Waals surface area (Å²) in [5.74, 6) is 1.80. The molecule has 0 aliphatic carbocycles. The second-order valence-corrected chi connectivity index (χ2v) is 8.42. The average Bonchev–Trinajstić information content (AvgIpc) is 2.91. The van der Waals surface area contributed by atoms with Crippen LogP contribution >= 0.6 is 0 Å². The van der Waals surface area contributed by atoms with Gasteiger partial charge in [-0.3, -0.25) is 9.69 Å². The molecule has 1 amide bonds. The monoisotopic (exact) mass is 459 g/mol. The summed E-state index contributed by atoms with van der Waals surface area (Å²) in [6, 6.07) is 24.3. The van der Waals surface area contributed by atoms with Crippen LogP contribution in [0.15, 0.2) is 72.8 Å². The minimum atomic E-state index is 0.0765. The molecule has 34 heavy (non-hydrogen) atoms. The van der Waals surface area contributed by atoms with Crippen molar-refractivity contribution in [3.63, 3.8) is 0 Å². The lowest BCUT2D eigenvalue weighted by Crippen LogP contribution is -2.47. The third kappa shape index (κ3) is 5.88. The van der Waals surface area contributed by atoms with E-state index in [4.69, 9.17) is 9.47 Å². The number of anilines is 1. The van der Waals surface area contributed by atoms with Crippen LogP contribution in [0.4, 0.5) is 5.69 Å². The fraction of sp³-hybridized carbons (Fsp3) is 0.321. The Morgan fingerprint density at radius 3 is 2.44 bits per heavy atom. The Balaban J connectivity index is 1.26. The fourth-order valence-corrected chi connectivity index (χ4v) is 4.39. The van der Waals surface area contributed by atoms with Crippen LogP contribution in [0.3, 0.4) is 0 Å². The molecule has 1 heterocycles. The zero-order valence-corrected chi connectivity index (χ0v) is 20.0. The molecule has 6 heteroatoms. The van der Waals surface area contributed by atoms with E-state index in [1.165, 1.54) is 0 Å². The van der Waals surface area contributed by atoms with Crippen LogP contribution in [-0.4, -0.2) is 57.8 Å². The van der Waals surface area contributed by atoms with E-state index in [9.17, 15) is 4.79 Å². The van der Waals surface area contributed by atoms with Crippen LogP contribution in [0.5, 0.6) is 11.5 Å². The Morgan fingerprint density at radius 1 is 0.882 bits per heavy atom. The zero-order valence-electron chi connectivity index (χ0n) is 20.0. The number of para-hydroxylation sites is 2. The Morgan fingerprint density at radius 2 is 1.65 bits per heavy atom. The highest BCUT2D eigenvalue weighted by Gasteiger charge is 2.20. The van der Waals surface area contributed by atoms with E-state index in [1.54, 1.807) is 14.2 Å². The van der Waals surface area contributed by atoms with E-state index in [0.717, 1.165) is 66.6 Å². The maximum Gasteiger partial charge on any atom is 0.221 e. The maximum atomic E-state index is 12.6. The highest BCUT2D eigenvalue weighted by Crippen LogP contribution is 2.29. The van der Waals surface area contributed by atoms with E-state index < -0.39 is 0 Å². The number of rotatable bonds is 9. The van der Waals surface area contributed by atoms with Crippen molar-refractivity contribution >= 4 is 11.6 Å². The molecule has 3 aromatic carbocycles. The van der Waals surface area contributed by atoms with Gasteiger partial charge in [-0.15, -0.1) is 0 Å². The van der Waals surface area contributed by atoms with Crippen molar-refractivity contribution in [3.05, 3.63) is 78.4 Å². The molecule has 3 aromatic rings. The van der Waals surface area contributed by atoms with Gasteiger partial charge in [-0.25, -0.2) is 0 Å². The van der Waals surface area contributed by atoms with Crippen molar-refractivity contribution in [1.29, 1.82) is 0 Å². The van der Waals surface area contributed by atoms with Crippen molar-refractivity contribution < 1.29 is 14.3 Å². The smallest absolute Gasteiger partial charge is 0.221 e. The highest BCUT2D eigenvalue weighted by molar-refractivity contribution is 5.77. The van der Waals surface area contributed by atoms with Crippen LogP contribution in [-0.2, 0) is 11.3 Å². The molecule has 0 saturated carbocycles. The van der Waals surface area contributed by atoms with Gasteiger partial charge in [0.05, 0.1) is 19.9 Å². The van der Waals surface area contributed by atoms with Crippen molar-refractivity contribution in [1.82, 2.24) is 10.2 Å². The van der Waals surface area contributed by atoms with E-state index in [1.807, 2.05) is 48.5 Å². The minimum absolute atomic E-state index is 0.0765. The van der Waals surface area contributed by atoms with Gasteiger partial charge in [-0.2, -0.15) is 0 Å². The standard InChI is InChI=1S/C28H33N3O3/c1-33-24-10-7-9-22(20-24)25-11-4-3-8-23(25)21-29-28(32)14-15-30-16-18-31(19-17-30)26-12-5-6-13-27(26)34-2/h3-13,20H,14-19,21H2,1-2H3,(H,29,32). The summed E-state index contributed by atoms with van der Waals surface area (Å²) < 4.78 is 10.9. The Hall–Kier alpha value is -3.51. The quantitative estimate of drug-likeness (QED) is 0.520. The summed E-state index contributed by atoms with van der Waals surface area (Å²) in [7, 11) is 3.38. The topological polar surface area (TPSA) is 54.0 Å². The molecular weight excluding hydrogens is 426 g/mol. The number of amides is 1. The lowest BCUT2D eigenvalue weighted by Gasteiger charge is -2.36. The molecule has 6 nitrogen and oxygen atoms in total. The fourth-order valence-electron chi connectivity index (χ4n) is 4.39. The number of methoxy groups -OCH3 is 2. The molecule has 0 unspecified atom stereocenters. The number of nitrogens with zero attached hydrogens (tertiary/aromatic N) is 2. The number of benzene rings is 3. The summed E-state index contributed by atoms with van der Waals surface area (Å²) in [4.78, 5) is 17.3. The van der Waals surface area contributed by atoms with Crippen LogP contribution in [0.2, 0.25) is 0 Å². The number of piperazine rings is 1. The number of carbonyl (C=O) groups is 1. The number of nitrogens with one attached hydrogen (secondary N) is 1. The van der Waals surface area contributed by atoms with Gasteiger partial charge in [0.25, 0.3) is 0 Å². The van der Waals surface area contributed by atoms with Crippen molar-refractivity contribution in [3.8, 4) is 22.6 Å². The second-order valence-electron chi connectivity index (χ2n) is 8.42. The van der Waals surface area contributed by atoms with Crippen molar-refractivity contribution in [2.75, 3.05) is 51.8 Å². The lowest BCUT2D eigenvalue weighted by molar-refractivity contribution is -0.121.